The first-order chi connectivity index (χ1) is 12.1. The predicted molar refractivity (Wildman–Crippen MR) is 87.2 cm³/mol. The summed E-state index contributed by atoms with van der Waals surface area (Å²) in [5.41, 5.74) is -0.220. The van der Waals surface area contributed by atoms with Crippen LogP contribution >= 0.6 is 0 Å². The van der Waals surface area contributed by atoms with Crippen LogP contribution < -0.4 is 14.8 Å². The molecule has 1 fully saturated rings. The van der Waals surface area contributed by atoms with Crippen LogP contribution in [-0.2, 0) is 10.0 Å². The number of methoxy groups -OCH3 is 1. The van der Waals surface area contributed by atoms with Gasteiger partial charge in [-0.05, 0) is 19.1 Å². The zero-order valence-corrected chi connectivity index (χ0v) is 15.2. The fourth-order valence-electron chi connectivity index (χ4n) is 2.80. The van der Waals surface area contributed by atoms with Gasteiger partial charge in [0.1, 0.15) is 6.04 Å². The average Bonchev–Trinajstić information content (AvgIpc) is 2.57. The topological polar surface area (TPSA) is 70.7 Å². The highest BCUT2D eigenvalue weighted by Crippen LogP contribution is 2.28. The summed E-state index contributed by atoms with van der Waals surface area (Å²) in [6.45, 7) is 1.47. The van der Waals surface area contributed by atoms with Crippen molar-refractivity contribution in [2.75, 3.05) is 39.8 Å². The number of benzene rings is 1. The Morgan fingerprint density at radius 2 is 1.92 bits per heavy atom. The normalized spacial score (nSPS) is 17.9. The molecule has 26 heavy (non-hydrogen) atoms. The number of alkyl halides is 3. The van der Waals surface area contributed by atoms with Crippen LogP contribution in [0.15, 0.2) is 17.0 Å². The fraction of sp³-hybridized carbons (Fsp3) is 0.600. The monoisotopic (exact) mass is 399 g/mol. The summed E-state index contributed by atoms with van der Waals surface area (Å²) in [6.07, 6.45) is -4.60. The maximum absolute atomic E-state index is 14.1. The molecule has 148 valence electrons. The van der Waals surface area contributed by atoms with E-state index in [-0.39, 0.29) is 24.4 Å². The van der Waals surface area contributed by atoms with Gasteiger partial charge in [0, 0.05) is 38.3 Å². The quantitative estimate of drug-likeness (QED) is 0.705. The summed E-state index contributed by atoms with van der Waals surface area (Å²) >= 11 is 0. The van der Waals surface area contributed by atoms with E-state index in [1.807, 2.05) is 4.72 Å². The second-order valence-electron chi connectivity index (χ2n) is 5.90. The van der Waals surface area contributed by atoms with Gasteiger partial charge in [0.25, 0.3) is 0 Å². The van der Waals surface area contributed by atoms with Crippen LogP contribution in [0.5, 0.6) is 5.75 Å². The van der Waals surface area contributed by atoms with E-state index in [9.17, 15) is 26.0 Å². The SMILES string of the molecule is COc1ccc(S(=O)(=O)NCC(N2CCNCC2)C(F)(F)F)c(C)c1F. The lowest BCUT2D eigenvalue weighted by molar-refractivity contribution is -0.182. The van der Waals surface area contributed by atoms with Crippen molar-refractivity contribution >= 4 is 10.0 Å². The molecule has 2 N–H and O–H groups in total. The molecule has 1 aromatic carbocycles. The fourth-order valence-corrected chi connectivity index (χ4v) is 4.08. The van der Waals surface area contributed by atoms with Crippen LogP contribution in [-0.4, -0.2) is 65.4 Å². The first-order valence-electron chi connectivity index (χ1n) is 7.92. The van der Waals surface area contributed by atoms with Gasteiger partial charge in [-0.3, -0.25) is 4.90 Å². The van der Waals surface area contributed by atoms with E-state index in [1.54, 1.807) is 0 Å². The van der Waals surface area contributed by atoms with Crippen molar-refractivity contribution < 1.29 is 30.7 Å². The lowest BCUT2D eigenvalue weighted by atomic mass is 10.2. The highest BCUT2D eigenvalue weighted by molar-refractivity contribution is 7.89. The Hall–Kier alpha value is -1.43. The molecular weight excluding hydrogens is 378 g/mol. The van der Waals surface area contributed by atoms with E-state index in [4.69, 9.17) is 4.74 Å². The number of halogens is 4. The molecule has 1 heterocycles. The molecule has 0 aromatic heterocycles. The second-order valence-corrected chi connectivity index (χ2v) is 7.64. The molecule has 6 nitrogen and oxygen atoms in total. The minimum absolute atomic E-state index is 0.143. The Morgan fingerprint density at radius 1 is 1.31 bits per heavy atom. The second kappa shape index (κ2) is 8.07. The largest absolute Gasteiger partial charge is 0.494 e. The molecule has 11 heteroatoms. The van der Waals surface area contributed by atoms with Crippen molar-refractivity contribution in [3.05, 3.63) is 23.5 Å². The van der Waals surface area contributed by atoms with E-state index in [0.29, 0.717) is 13.1 Å². The third-order valence-corrected chi connectivity index (χ3v) is 5.82. The molecule has 1 atom stereocenters. The van der Waals surface area contributed by atoms with Crippen molar-refractivity contribution in [2.45, 2.75) is 24.0 Å². The van der Waals surface area contributed by atoms with Crippen molar-refractivity contribution in [3.8, 4) is 5.75 Å². The van der Waals surface area contributed by atoms with Crippen molar-refractivity contribution in [1.82, 2.24) is 14.9 Å². The summed E-state index contributed by atoms with van der Waals surface area (Å²) in [4.78, 5) is 0.762. The third kappa shape index (κ3) is 4.64. The minimum atomic E-state index is -4.60. The van der Waals surface area contributed by atoms with Crippen molar-refractivity contribution in [1.29, 1.82) is 0 Å². The number of nitrogens with one attached hydrogen (secondary N) is 2. The highest BCUT2D eigenvalue weighted by atomic mass is 32.2. The Balaban J connectivity index is 2.21. The lowest BCUT2D eigenvalue weighted by Crippen LogP contribution is -2.57. The summed E-state index contributed by atoms with van der Waals surface area (Å²) in [6, 6.07) is 0.268. The maximum Gasteiger partial charge on any atom is 0.405 e. The number of sulfonamides is 1. The number of ether oxygens (including phenoxy) is 1. The molecule has 0 saturated carbocycles. The van der Waals surface area contributed by atoms with E-state index >= 15 is 0 Å². The van der Waals surface area contributed by atoms with Crippen LogP contribution in [0.25, 0.3) is 0 Å². The molecule has 1 saturated heterocycles. The van der Waals surface area contributed by atoms with Gasteiger partial charge in [-0.1, -0.05) is 0 Å². The number of rotatable bonds is 6. The molecular formula is C15H21F4N3O3S. The summed E-state index contributed by atoms with van der Waals surface area (Å²) in [7, 11) is -3.09. The summed E-state index contributed by atoms with van der Waals surface area (Å²) in [5.74, 6) is -1.01. The maximum atomic E-state index is 14.1. The minimum Gasteiger partial charge on any atom is -0.494 e. The van der Waals surface area contributed by atoms with Crippen LogP contribution in [0.2, 0.25) is 0 Å². The lowest BCUT2D eigenvalue weighted by Gasteiger charge is -2.35. The van der Waals surface area contributed by atoms with Gasteiger partial charge in [0.15, 0.2) is 11.6 Å². The van der Waals surface area contributed by atoms with Gasteiger partial charge in [-0.15, -0.1) is 0 Å². The molecule has 2 rings (SSSR count). The van der Waals surface area contributed by atoms with Crippen molar-refractivity contribution in [3.63, 3.8) is 0 Å². The Labute approximate surface area is 149 Å². The summed E-state index contributed by atoms with van der Waals surface area (Å²) in [5, 5.41) is 2.94. The van der Waals surface area contributed by atoms with Crippen molar-refractivity contribution in [2.24, 2.45) is 0 Å². The van der Waals surface area contributed by atoms with Crippen LogP contribution in [0.4, 0.5) is 17.6 Å². The van der Waals surface area contributed by atoms with Gasteiger partial charge >= 0.3 is 6.18 Å². The first kappa shape index (κ1) is 20.9. The van der Waals surface area contributed by atoms with E-state index in [1.165, 1.54) is 18.9 Å². The molecule has 0 spiro atoms. The summed E-state index contributed by atoms with van der Waals surface area (Å²) < 4.78 is 85.6. The number of hydrogen-bond donors (Lipinski definition) is 2. The van der Waals surface area contributed by atoms with E-state index < -0.39 is 39.5 Å². The highest BCUT2D eigenvalue weighted by Gasteiger charge is 2.44. The van der Waals surface area contributed by atoms with E-state index in [0.717, 1.165) is 12.1 Å². The average molecular weight is 399 g/mol. The third-order valence-electron chi connectivity index (χ3n) is 4.25. The Kier molecular flexibility index (Phi) is 6.48. The number of nitrogens with zero attached hydrogens (tertiary/aromatic N) is 1. The Morgan fingerprint density at radius 3 is 2.46 bits per heavy atom. The van der Waals surface area contributed by atoms with Crippen LogP contribution in [0, 0.1) is 12.7 Å². The molecule has 0 radical (unpaired) electrons. The Bertz CT molecular complexity index is 734. The van der Waals surface area contributed by atoms with Crippen LogP contribution in [0.3, 0.4) is 0 Å². The molecule has 1 aromatic rings. The molecule has 1 aliphatic rings. The molecule has 0 amide bonds. The molecule has 1 unspecified atom stereocenters. The van der Waals surface area contributed by atoms with Gasteiger partial charge in [0.2, 0.25) is 10.0 Å². The zero-order valence-electron chi connectivity index (χ0n) is 14.4. The van der Waals surface area contributed by atoms with Gasteiger partial charge < -0.3 is 10.1 Å². The molecule has 0 bridgehead atoms. The molecule has 1 aliphatic heterocycles. The number of hydrogen-bond acceptors (Lipinski definition) is 5. The zero-order chi connectivity index (χ0) is 19.5. The van der Waals surface area contributed by atoms with Gasteiger partial charge in [-0.25, -0.2) is 17.5 Å². The van der Waals surface area contributed by atoms with Gasteiger partial charge in [-0.2, -0.15) is 13.2 Å². The molecule has 0 aliphatic carbocycles. The number of piperazine rings is 1. The van der Waals surface area contributed by atoms with Crippen LogP contribution in [0.1, 0.15) is 5.56 Å². The first-order valence-corrected chi connectivity index (χ1v) is 9.40. The van der Waals surface area contributed by atoms with Gasteiger partial charge in [0.05, 0.1) is 12.0 Å². The standard InChI is InChI=1S/C15H21F4N3O3S/c1-10-12(4-3-11(25-2)14(10)16)26(23,24)21-9-13(15(17,18)19)22-7-5-20-6-8-22/h3-4,13,20-21H,5-9H2,1-2H3. The van der Waals surface area contributed by atoms with E-state index in [2.05, 4.69) is 5.32 Å². The predicted octanol–water partition coefficient (Wildman–Crippen LogP) is 1.26. The smallest absolute Gasteiger partial charge is 0.405 e.